The molecule has 0 unspecified atom stereocenters. The molecule has 0 heterocycles. The second-order valence-electron chi connectivity index (χ2n) is 6.68. The molecule has 0 aromatic heterocycles. The lowest BCUT2D eigenvalue weighted by atomic mass is 9.88. The predicted molar refractivity (Wildman–Crippen MR) is 82.9 cm³/mol. The van der Waals surface area contributed by atoms with Crippen LogP contribution in [0.2, 0.25) is 0 Å². The second-order valence-corrected chi connectivity index (χ2v) is 6.68. The number of nitrogens with one attached hydrogen (secondary N) is 2. The molecule has 0 saturated heterocycles. The Morgan fingerprint density at radius 2 is 1.57 bits per heavy atom. The van der Waals surface area contributed by atoms with Gasteiger partial charge in [-0.3, -0.25) is 4.79 Å². The Bertz CT molecular complexity index is 349. The molecule has 122 valence electrons. The molecule has 2 amide bonds. The van der Waals surface area contributed by atoms with Crippen molar-refractivity contribution in [1.29, 1.82) is 0 Å². The number of carbonyl (C=O) groups excluding carboxylic acids is 2. The van der Waals surface area contributed by atoms with Gasteiger partial charge in [-0.05, 0) is 30.6 Å². The lowest BCUT2D eigenvalue weighted by molar-refractivity contribution is -0.125. The number of ether oxygens (including phenoxy) is 1. The van der Waals surface area contributed by atoms with Gasteiger partial charge in [0.25, 0.3) is 0 Å². The average molecular weight is 298 g/mol. The van der Waals surface area contributed by atoms with E-state index in [1.54, 1.807) is 0 Å². The molecule has 0 aromatic rings. The summed E-state index contributed by atoms with van der Waals surface area (Å²) in [7, 11) is 1.31. The molecular weight excluding hydrogens is 268 g/mol. The fraction of sp³-hybridized carbons (Fsp3) is 0.875. The SMILES string of the molecule is COC(=O)N[C@@H](C(=O)N[C@H](C(C)C)C1CCCC1)C(C)C. The summed E-state index contributed by atoms with van der Waals surface area (Å²) in [5.41, 5.74) is 0. The van der Waals surface area contributed by atoms with Crippen LogP contribution >= 0.6 is 0 Å². The molecule has 1 rings (SSSR count). The smallest absolute Gasteiger partial charge is 0.407 e. The van der Waals surface area contributed by atoms with Crippen molar-refractivity contribution >= 4 is 12.0 Å². The van der Waals surface area contributed by atoms with Crippen molar-refractivity contribution in [3.8, 4) is 0 Å². The highest BCUT2D eigenvalue weighted by Crippen LogP contribution is 2.30. The number of hydrogen-bond acceptors (Lipinski definition) is 3. The van der Waals surface area contributed by atoms with Gasteiger partial charge in [0.2, 0.25) is 5.91 Å². The second kappa shape index (κ2) is 8.25. The fourth-order valence-electron chi connectivity index (χ4n) is 3.12. The molecule has 1 fully saturated rings. The van der Waals surface area contributed by atoms with Gasteiger partial charge in [0, 0.05) is 6.04 Å². The number of rotatable bonds is 6. The number of hydrogen-bond donors (Lipinski definition) is 2. The van der Waals surface area contributed by atoms with Crippen molar-refractivity contribution < 1.29 is 14.3 Å². The van der Waals surface area contributed by atoms with Gasteiger partial charge in [-0.1, -0.05) is 40.5 Å². The van der Waals surface area contributed by atoms with E-state index in [0.29, 0.717) is 11.8 Å². The van der Waals surface area contributed by atoms with Gasteiger partial charge in [0.15, 0.2) is 0 Å². The van der Waals surface area contributed by atoms with Crippen LogP contribution in [-0.2, 0) is 9.53 Å². The molecule has 5 nitrogen and oxygen atoms in total. The minimum absolute atomic E-state index is 0.0143. The zero-order valence-electron chi connectivity index (χ0n) is 13.9. The average Bonchev–Trinajstić information content (AvgIpc) is 2.94. The van der Waals surface area contributed by atoms with E-state index in [4.69, 9.17) is 0 Å². The van der Waals surface area contributed by atoms with Gasteiger partial charge in [-0.2, -0.15) is 0 Å². The first-order valence-electron chi connectivity index (χ1n) is 8.01. The summed E-state index contributed by atoms with van der Waals surface area (Å²) in [5.74, 6) is 0.851. The first-order chi connectivity index (χ1) is 9.86. The molecule has 1 aliphatic rings. The van der Waals surface area contributed by atoms with Gasteiger partial charge in [-0.25, -0.2) is 4.79 Å². The summed E-state index contributed by atoms with van der Waals surface area (Å²) in [6.45, 7) is 8.11. The predicted octanol–water partition coefficient (Wildman–Crippen LogP) is 2.70. The summed E-state index contributed by atoms with van der Waals surface area (Å²) < 4.78 is 4.60. The molecule has 0 aromatic carbocycles. The third-order valence-electron chi connectivity index (χ3n) is 4.34. The van der Waals surface area contributed by atoms with E-state index in [1.165, 1.54) is 32.8 Å². The minimum atomic E-state index is -0.564. The topological polar surface area (TPSA) is 67.4 Å². The van der Waals surface area contributed by atoms with Crippen LogP contribution in [0.1, 0.15) is 53.4 Å². The van der Waals surface area contributed by atoms with Crippen molar-refractivity contribution in [1.82, 2.24) is 10.6 Å². The van der Waals surface area contributed by atoms with Crippen molar-refractivity contribution in [2.75, 3.05) is 7.11 Å². The number of methoxy groups -OCH3 is 1. The van der Waals surface area contributed by atoms with Crippen LogP contribution in [0, 0.1) is 17.8 Å². The Hall–Kier alpha value is -1.26. The van der Waals surface area contributed by atoms with Gasteiger partial charge in [0.05, 0.1) is 7.11 Å². The van der Waals surface area contributed by atoms with Gasteiger partial charge >= 0.3 is 6.09 Å². The summed E-state index contributed by atoms with van der Waals surface area (Å²) in [6.07, 6.45) is 4.29. The number of carbonyl (C=O) groups is 2. The van der Waals surface area contributed by atoms with Gasteiger partial charge in [-0.15, -0.1) is 0 Å². The molecule has 21 heavy (non-hydrogen) atoms. The molecule has 0 spiro atoms. The number of amides is 2. The van der Waals surface area contributed by atoms with Crippen LogP contribution in [0.4, 0.5) is 4.79 Å². The van der Waals surface area contributed by atoms with Crippen molar-refractivity contribution in [2.45, 2.75) is 65.5 Å². The van der Waals surface area contributed by atoms with E-state index in [-0.39, 0.29) is 17.9 Å². The molecule has 0 radical (unpaired) electrons. The zero-order chi connectivity index (χ0) is 16.0. The van der Waals surface area contributed by atoms with Crippen LogP contribution in [0.3, 0.4) is 0 Å². The van der Waals surface area contributed by atoms with E-state index in [1.807, 2.05) is 13.8 Å². The highest BCUT2D eigenvalue weighted by Gasteiger charge is 2.32. The third-order valence-corrected chi connectivity index (χ3v) is 4.34. The van der Waals surface area contributed by atoms with Gasteiger partial charge < -0.3 is 15.4 Å². The van der Waals surface area contributed by atoms with E-state index >= 15 is 0 Å². The normalized spacial score (nSPS) is 18.6. The summed E-state index contributed by atoms with van der Waals surface area (Å²) in [6, 6.07) is -0.374. The fourth-order valence-corrected chi connectivity index (χ4v) is 3.12. The summed E-state index contributed by atoms with van der Waals surface area (Å²) >= 11 is 0. The summed E-state index contributed by atoms with van der Waals surface area (Å²) in [5, 5.41) is 5.79. The first-order valence-corrected chi connectivity index (χ1v) is 8.01. The standard InChI is InChI=1S/C16H30N2O3/c1-10(2)13(12-8-6-7-9-12)17-15(19)14(11(3)4)18-16(20)21-5/h10-14H,6-9H2,1-5H3,(H,17,19)(H,18,20)/t13-,14-/m1/s1. The lowest BCUT2D eigenvalue weighted by Gasteiger charge is -2.31. The van der Waals surface area contributed by atoms with Crippen molar-refractivity contribution in [3.05, 3.63) is 0 Å². The molecule has 2 N–H and O–H groups in total. The highest BCUT2D eigenvalue weighted by atomic mass is 16.5. The Kier molecular flexibility index (Phi) is 6.99. The summed E-state index contributed by atoms with van der Waals surface area (Å²) in [4.78, 5) is 23.9. The molecule has 2 atom stereocenters. The Morgan fingerprint density at radius 1 is 1.00 bits per heavy atom. The molecular formula is C16H30N2O3. The van der Waals surface area contributed by atoms with E-state index < -0.39 is 12.1 Å². The maximum atomic E-state index is 12.5. The quantitative estimate of drug-likeness (QED) is 0.792. The van der Waals surface area contributed by atoms with Crippen LogP contribution in [-0.4, -0.2) is 31.2 Å². The Labute approximate surface area is 128 Å². The molecule has 1 saturated carbocycles. The largest absolute Gasteiger partial charge is 0.453 e. The molecule has 1 aliphatic carbocycles. The van der Waals surface area contributed by atoms with E-state index in [0.717, 1.165) is 0 Å². The Morgan fingerprint density at radius 3 is 2.00 bits per heavy atom. The third kappa shape index (κ3) is 5.21. The van der Waals surface area contributed by atoms with Crippen LogP contribution < -0.4 is 10.6 Å². The maximum Gasteiger partial charge on any atom is 0.407 e. The molecule has 0 aliphatic heterocycles. The molecule has 0 bridgehead atoms. The van der Waals surface area contributed by atoms with Crippen molar-refractivity contribution in [2.24, 2.45) is 17.8 Å². The minimum Gasteiger partial charge on any atom is -0.453 e. The maximum absolute atomic E-state index is 12.5. The van der Waals surface area contributed by atoms with E-state index in [9.17, 15) is 9.59 Å². The monoisotopic (exact) mass is 298 g/mol. The first kappa shape index (κ1) is 17.8. The lowest BCUT2D eigenvalue weighted by Crippen LogP contribution is -2.54. The highest BCUT2D eigenvalue weighted by molar-refractivity contribution is 5.86. The van der Waals surface area contributed by atoms with Crippen molar-refractivity contribution in [3.63, 3.8) is 0 Å². The van der Waals surface area contributed by atoms with E-state index in [2.05, 4.69) is 29.2 Å². The van der Waals surface area contributed by atoms with Gasteiger partial charge in [0.1, 0.15) is 6.04 Å². The van der Waals surface area contributed by atoms with Crippen LogP contribution in [0.25, 0.3) is 0 Å². The zero-order valence-corrected chi connectivity index (χ0v) is 13.9. The van der Waals surface area contributed by atoms with Crippen LogP contribution in [0.15, 0.2) is 0 Å². The Balaban J connectivity index is 2.70. The van der Waals surface area contributed by atoms with Crippen LogP contribution in [0.5, 0.6) is 0 Å². The molecule has 5 heteroatoms. The number of alkyl carbamates (subject to hydrolysis) is 1.